The van der Waals surface area contributed by atoms with Crippen LogP contribution in [0.5, 0.6) is 0 Å². The molecule has 208 valence electrons. The van der Waals surface area contributed by atoms with Gasteiger partial charge >= 0.3 is 11.7 Å². The predicted octanol–water partition coefficient (Wildman–Crippen LogP) is 6.75. The number of rotatable bonds is 18. The van der Waals surface area contributed by atoms with Gasteiger partial charge in [-0.3, -0.25) is 9.36 Å². The van der Waals surface area contributed by atoms with Crippen LogP contribution in [0, 0.1) is 0 Å². The van der Waals surface area contributed by atoms with Crippen molar-refractivity contribution in [2.45, 2.75) is 96.3 Å². The first kappa shape index (κ1) is 31.0. The van der Waals surface area contributed by atoms with Gasteiger partial charge in [-0.25, -0.2) is 4.79 Å². The fraction of sp³-hybridized carbons (Fsp3) is 0.516. The summed E-state index contributed by atoms with van der Waals surface area (Å²) in [7, 11) is 0. The van der Waals surface area contributed by atoms with E-state index in [0.29, 0.717) is 12.8 Å². The average molecular weight is 524 g/mol. The Bertz CT molecular complexity index is 1010. The summed E-state index contributed by atoms with van der Waals surface area (Å²) in [4.78, 5) is 27.7. The second-order valence-electron chi connectivity index (χ2n) is 9.32. The molecule has 1 aliphatic heterocycles. The number of carbonyl (C=O) groups excluding carboxylic acids is 1. The van der Waals surface area contributed by atoms with Crippen molar-refractivity contribution in [2.24, 2.45) is 0 Å². The minimum absolute atomic E-state index is 0.188. The maximum atomic E-state index is 12.0. The molecule has 2 rings (SSSR count). The molecule has 0 aromatic carbocycles. The molecule has 0 radical (unpaired) electrons. The number of hydrogen-bond acceptors (Lipinski definition) is 6. The van der Waals surface area contributed by atoms with Gasteiger partial charge in [0.05, 0.1) is 6.10 Å². The highest BCUT2D eigenvalue weighted by Gasteiger charge is 2.28. The molecule has 1 aromatic rings. The molecular formula is C31H45N3O4. The molecule has 2 atom stereocenters. The van der Waals surface area contributed by atoms with E-state index in [0.717, 1.165) is 64.2 Å². The van der Waals surface area contributed by atoms with Crippen LogP contribution in [0.15, 0.2) is 77.8 Å². The van der Waals surface area contributed by atoms with Crippen molar-refractivity contribution in [3.63, 3.8) is 0 Å². The second-order valence-corrected chi connectivity index (χ2v) is 9.32. The highest BCUT2D eigenvalue weighted by molar-refractivity contribution is 5.69. The molecule has 1 aromatic heterocycles. The number of esters is 1. The zero-order chi connectivity index (χ0) is 27.3. The van der Waals surface area contributed by atoms with Gasteiger partial charge in [-0.1, -0.05) is 74.1 Å². The number of unbranched alkanes of at least 4 members (excludes halogenated alkanes) is 3. The fourth-order valence-electron chi connectivity index (χ4n) is 3.99. The van der Waals surface area contributed by atoms with Crippen molar-refractivity contribution in [2.75, 3.05) is 12.3 Å². The summed E-state index contributed by atoms with van der Waals surface area (Å²) in [6, 6.07) is 1.57. The Hall–Kier alpha value is -3.19. The van der Waals surface area contributed by atoms with Crippen LogP contribution in [-0.4, -0.2) is 28.2 Å². The molecule has 0 unspecified atom stereocenters. The van der Waals surface area contributed by atoms with Gasteiger partial charge in [-0.15, -0.1) is 0 Å². The van der Waals surface area contributed by atoms with Gasteiger partial charge in [0.25, 0.3) is 0 Å². The maximum Gasteiger partial charge on any atom is 0.351 e. The largest absolute Gasteiger partial charge is 0.463 e. The Labute approximate surface area is 227 Å². The molecule has 2 heterocycles. The average Bonchev–Trinajstić information content (AvgIpc) is 3.37. The third kappa shape index (κ3) is 13.9. The van der Waals surface area contributed by atoms with Crippen molar-refractivity contribution >= 4 is 11.8 Å². The number of aromatic nitrogens is 2. The van der Waals surface area contributed by atoms with Crippen molar-refractivity contribution in [3.05, 3.63) is 83.5 Å². The third-order valence-electron chi connectivity index (χ3n) is 6.09. The van der Waals surface area contributed by atoms with E-state index in [1.165, 1.54) is 4.57 Å². The summed E-state index contributed by atoms with van der Waals surface area (Å²) in [6.07, 6.45) is 33.8. The lowest BCUT2D eigenvalue weighted by Crippen LogP contribution is -2.28. The smallest absolute Gasteiger partial charge is 0.351 e. The van der Waals surface area contributed by atoms with Crippen LogP contribution in [0.1, 0.15) is 90.2 Å². The first-order valence-corrected chi connectivity index (χ1v) is 14.0. The predicted molar refractivity (Wildman–Crippen MR) is 155 cm³/mol. The molecule has 1 saturated heterocycles. The van der Waals surface area contributed by atoms with Gasteiger partial charge in [0.1, 0.15) is 18.7 Å². The highest BCUT2D eigenvalue weighted by Crippen LogP contribution is 2.27. The Morgan fingerprint density at radius 3 is 2.24 bits per heavy atom. The first-order chi connectivity index (χ1) is 18.6. The number of anilines is 1. The Morgan fingerprint density at radius 1 is 0.974 bits per heavy atom. The van der Waals surface area contributed by atoms with E-state index in [2.05, 4.69) is 72.7 Å². The minimum atomic E-state index is -0.433. The van der Waals surface area contributed by atoms with E-state index in [-0.39, 0.29) is 24.5 Å². The van der Waals surface area contributed by atoms with Crippen LogP contribution in [0.25, 0.3) is 0 Å². The van der Waals surface area contributed by atoms with Gasteiger partial charge in [0, 0.05) is 12.6 Å². The minimum Gasteiger partial charge on any atom is -0.463 e. The number of carbonyl (C=O) groups is 1. The van der Waals surface area contributed by atoms with Gasteiger partial charge in [0.15, 0.2) is 0 Å². The Balaban J connectivity index is 1.42. The van der Waals surface area contributed by atoms with Crippen molar-refractivity contribution in [1.29, 1.82) is 0 Å². The molecule has 0 spiro atoms. The van der Waals surface area contributed by atoms with E-state index >= 15 is 0 Å². The van der Waals surface area contributed by atoms with Crippen molar-refractivity contribution in [3.8, 4) is 0 Å². The molecule has 38 heavy (non-hydrogen) atoms. The quantitative estimate of drug-likeness (QED) is 0.130. The van der Waals surface area contributed by atoms with Crippen molar-refractivity contribution < 1.29 is 14.3 Å². The molecule has 7 heteroatoms. The first-order valence-electron chi connectivity index (χ1n) is 14.0. The lowest BCUT2D eigenvalue weighted by molar-refractivity contribution is -0.148. The summed E-state index contributed by atoms with van der Waals surface area (Å²) >= 11 is 0. The van der Waals surface area contributed by atoms with E-state index < -0.39 is 11.9 Å². The lowest BCUT2D eigenvalue weighted by Gasteiger charge is -2.15. The monoisotopic (exact) mass is 523 g/mol. The molecule has 2 N–H and O–H groups in total. The number of hydrogen-bond donors (Lipinski definition) is 1. The number of nitrogen functional groups attached to an aromatic ring is 1. The zero-order valence-electron chi connectivity index (χ0n) is 22.9. The van der Waals surface area contributed by atoms with Gasteiger partial charge in [0.2, 0.25) is 0 Å². The van der Waals surface area contributed by atoms with E-state index in [9.17, 15) is 9.59 Å². The maximum absolute atomic E-state index is 12.0. The molecule has 7 nitrogen and oxygen atoms in total. The number of nitrogens with zero attached hydrogens (tertiary/aromatic N) is 2. The molecule has 0 saturated carbocycles. The normalized spacial score (nSPS) is 18.2. The standard InChI is InChI=1S/C31H45N3O4/c1-2-3-4-5-6-7-8-9-10-11-12-13-14-15-16-17-18-19-20-21-30(35)37-26-27-22-23-29(38-27)34-25-24-28(32)33-31(34)36/h3-4,6-7,9-10,12-13,15-16,24-25,27,29H,2,5,8,11,14,17-23,26H2,1H3,(H2,32,33,36)/t27-,29-/m0/s1. The highest BCUT2D eigenvalue weighted by atomic mass is 16.6. The fourth-order valence-corrected chi connectivity index (χ4v) is 3.99. The number of ether oxygens (including phenoxy) is 2. The van der Waals surface area contributed by atoms with Crippen LogP contribution in [0.3, 0.4) is 0 Å². The van der Waals surface area contributed by atoms with E-state index in [1.54, 1.807) is 12.3 Å². The van der Waals surface area contributed by atoms with Crippen LogP contribution in [0.2, 0.25) is 0 Å². The summed E-state index contributed by atoms with van der Waals surface area (Å²) in [5.74, 6) is -0.00849. The SMILES string of the molecule is CCC=CCC=CCC=CCC=CCC=CCCCCCC(=O)OC[C@@H]1CC[C@@H](n2ccc(N)nc2=O)O1. The number of nitrogens with two attached hydrogens (primary N) is 1. The molecule has 0 amide bonds. The second kappa shape index (κ2) is 19.9. The van der Waals surface area contributed by atoms with Gasteiger partial charge in [-0.05, 0) is 70.3 Å². The Kier molecular flexibility index (Phi) is 16.2. The van der Waals surface area contributed by atoms with Crippen LogP contribution in [-0.2, 0) is 14.3 Å². The molecule has 0 aliphatic carbocycles. The van der Waals surface area contributed by atoms with Crippen molar-refractivity contribution in [1.82, 2.24) is 9.55 Å². The van der Waals surface area contributed by atoms with Gasteiger partial charge < -0.3 is 15.2 Å². The van der Waals surface area contributed by atoms with E-state index in [1.807, 2.05) is 0 Å². The molecule has 0 bridgehead atoms. The Morgan fingerprint density at radius 2 is 1.61 bits per heavy atom. The summed E-state index contributed by atoms with van der Waals surface area (Å²) in [5, 5.41) is 0. The van der Waals surface area contributed by atoms with Crippen LogP contribution < -0.4 is 11.4 Å². The van der Waals surface area contributed by atoms with Gasteiger partial charge in [-0.2, -0.15) is 4.98 Å². The third-order valence-corrected chi connectivity index (χ3v) is 6.09. The zero-order valence-corrected chi connectivity index (χ0v) is 22.9. The van der Waals surface area contributed by atoms with Crippen LogP contribution >= 0.6 is 0 Å². The molecule has 1 aliphatic rings. The molecule has 1 fully saturated rings. The molecular weight excluding hydrogens is 478 g/mol. The summed E-state index contributed by atoms with van der Waals surface area (Å²) in [5.41, 5.74) is 5.09. The number of allylic oxidation sites excluding steroid dienone is 10. The summed E-state index contributed by atoms with van der Waals surface area (Å²) < 4.78 is 12.7. The lowest BCUT2D eigenvalue weighted by atomic mass is 10.1. The summed E-state index contributed by atoms with van der Waals surface area (Å²) in [6.45, 7) is 2.36. The van der Waals surface area contributed by atoms with E-state index in [4.69, 9.17) is 15.2 Å². The van der Waals surface area contributed by atoms with Crippen LogP contribution in [0.4, 0.5) is 5.82 Å². The topological polar surface area (TPSA) is 96.4 Å².